The van der Waals surface area contributed by atoms with E-state index in [9.17, 15) is 9.50 Å². The predicted molar refractivity (Wildman–Crippen MR) is 73.0 cm³/mol. The third kappa shape index (κ3) is 4.68. The fourth-order valence-corrected chi connectivity index (χ4v) is 1.77. The van der Waals surface area contributed by atoms with E-state index in [2.05, 4.69) is 25.7 Å². The van der Waals surface area contributed by atoms with Gasteiger partial charge in [-0.05, 0) is 37.5 Å². The van der Waals surface area contributed by atoms with Crippen molar-refractivity contribution in [3.8, 4) is 11.8 Å². The van der Waals surface area contributed by atoms with Gasteiger partial charge in [0, 0.05) is 5.56 Å². The van der Waals surface area contributed by atoms with Crippen molar-refractivity contribution < 1.29 is 9.50 Å². The zero-order valence-electron chi connectivity index (χ0n) is 10.9. The van der Waals surface area contributed by atoms with Crippen LogP contribution in [0.5, 0.6) is 0 Å². The molecule has 0 heterocycles. The maximum absolute atomic E-state index is 13.2. The van der Waals surface area contributed by atoms with Gasteiger partial charge in [0.2, 0.25) is 0 Å². The third-order valence-corrected chi connectivity index (χ3v) is 3.15. The van der Waals surface area contributed by atoms with Crippen molar-refractivity contribution in [1.29, 1.82) is 0 Å². The van der Waals surface area contributed by atoms with E-state index in [0.717, 1.165) is 6.42 Å². The van der Waals surface area contributed by atoms with E-state index >= 15 is 0 Å². The molecule has 0 bridgehead atoms. The van der Waals surface area contributed by atoms with Gasteiger partial charge >= 0.3 is 0 Å². The zero-order valence-corrected chi connectivity index (χ0v) is 11.7. The summed E-state index contributed by atoms with van der Waals surface area (Å²) in [6.07, 6.45) is 1.60. The molecule has 0 saturated heterocycles. The number of rotatable bonds is 3. The molecular weight excluding hydrogens is 251 g/mol. The van der Waals surface area contributed by atoms with Crippen LogP contribution in [0.3, 0.4) is 0 Å². The van der Waals surface area contributed by atoms with Gasteiger partial charge in [-0.25, -0.2) is 4.39 Å². The minimum Gasteiger partial charge on any atom is -0.378 e. The summed E-state index contributed by atoms with van der Waals surface area (Å²) in [5.74, 6) is 5.47. The number of hydrogen-bond donors (Lipinski definition) is 1. The Labute approximate surface area is 113 Å². The van der Waals surface area contributed by atoms with Gasteiger partial charge in [-0.2, -0.15) is 0 Å². The predicted octanol–water partition coefficient (Wildman–Crippen LogP) is 4.02. The molecule has 18 heavy (non-hydrogen) atoms. The van der Waals surface area contributed by atoms with E-state index in [0.29, 0.717) is 17.9 Å². The fourth-order valence-electron chi connectivity index (χ4n) is 1.65. The van der Waals surface area contributed by atoms with Crippen molar-refractivity contribution in [1.82, 2.24) is 0 Å². The van der Waals surface area contributed by atoms with E-state index in [-0.39, 0.29) is 5.02 Å². The van der Waals surface area contributed by atoms with Crippen molar-refractivity contribution in [2.24, 2.45) is 5.92 Å². The maximum Gasteiger partial charge on any atom is 0.143 e. The highest BCUT2D eigenvalue weighted by Gasteiger charge is 2.19. The molecule has 1 nitrogen and oxygen atoms in total. The van der Waals surface area contributed by atoms with Gasteiger partial charge in [-0.3, -0.25) is 0 Å². The molecule has 0 aliphatic heterocycles. The summed E-state index contributed by atoms with van der Waals surface area (Å²) >= 11 is 5.59. The molecule has 0 aliphatic rings. The Kier molecular flexibility index (Phi) is 5.19. The molecular formula is C15H18ClFO. The summed E-state index contributed by atoms with van der Waals surface area (Å²) in [7, 11) is 0. The van der Waals surface area contributed by atoms with Crippen LogP contribution in [0.4, 0.5) is 4.39 Å². The Morgan fingerprint density at radius 2 is 2.17 bits per heavy atom. The SMILES string of the molecule is CCC(C)CC(C)(O)C#Cc1ccc(Cl)c(F)c1. The van der Waals surface area contributed by atoms with E-state index in [1.165, 1.54) is 12.1 Å². The molecule has 1 rings (SSSR count). The van der Waals surface area contributed by atoms with Gasteiger partial charge in [0.05, 0.1) is 5.02 Å². The summed E-state index contributed by atoms with van der Waals surface area (Å²) in [6, 6.07) is 4.37. The second-order valence-corrected chi connectivity index (χ2v) is 5.28. The quantitative estimate of drug-likeness (QED) is 0.821. The van der Waals surface area contributed by atoms with Crippen LogP contribution in [-0.2, 0) is 0 Å². The van der Waals surface area contributed by atoms with E-state index in [1.54, 1.807) is 13.0 Å². The minimum absolute atomic E-state index is 0.0758. The Bertz CT molecular complexity index is 471. The summed E-state index contributed by atoms with van der Waals surface area (Å²) in [5.41, 5.74) is -0.535. The van der Waals surface area contributed by atoms with Crippen molar-refractivity contribution in [2.75, 3.05) is 0 Å². The Morgan fingerprint density at radius 3 is 2.72 bits per heavy atom. The van der Waals surface area contributed by atoms with Gasteiger partial charge in [0.25, 0.3) is 0 Å². The highest BCUT2D eigenvalue weighted by molar-refractivity contribution is 6.30. The van der Waals surface area contributed by atoms with Crippen molar-refractivity contribution in [2.45, 2.75) is 39.2 Å². The molecule has 3 heteroatoms. The second-order valence-electron chi connectivity index (χ2n) is 4.87. The molecule has 2 unspecified atom stereocenters. The minimum atomic E-state index is -1.05. The van der Waals surface area contributed by atoms with Gasteiger partial charge in [-0.1, -0.05) is 43.7 Å². The molecule has 98 valence electrons. The van der Waals surface area contributed by atoms with Crippen LogP contribution < -0.4 is 0 Å². The molecule has 0 spiro atoms. The normalized spacial score (nSPS) is 15.4. The number of halogens is 2. The lowest BCUT2D eigenvalue weighted by atomic mass is 9.92. The average Bonchev–Trinajstić information content (AvgIpc) is 2.30. The number of benzene rings is 1. The topological polar surface area (TPSA) is 20.2 Å². The standard InChI is InChI=1S/C15H18ClFO/c1-4-11(2)10-15(3,18)8-7-12-5-6-13(16)14(17)9-12/h5-6,9,11,18H,4,10H2,1-3H3. The van der Waals surface area contributed by atoms with Crippen molar-refractivity contribution in [3.05, 3.63) is 34.6 Å². The van der Waals surface area contributed by atoms with Crippen molar-refractivity contribution in [3.63, 3.8) is 0 Å². The molecule has 0 saturated carbocycles. The zero-order chi connectivity index (χ0) is 13.8. The molecule has 0 fully saturated rings. The first-order chi connectivity index (χ1) is 8.34. The van der Waals surface area contributed by atoms with Gasteiger partial charge in [-0.15, -0.1) is 0 Å². The summed E-state index contributed by atoms with van der Waals surface area (Å²) in [4.78, 5) is 0. The largest absolute Gasteiger partial charge is 0.378 e. The van der Waals surface area contributed by atoms with E-state index in [1.807, 2.05) is 0 Å². The highest BCUT2D eigenvalue weighted by Crippen LogP contribution is 2.19. The smallest absolute Gasteiger partial charge is 0.143 e. The van der Waals surface area contributed by atoms with E-state index < -0.39 is 11.4 Å². The highest BCUT2D eigenvalue weighted by atomic mass is 35.5. The van der Waals surface area contributed by atoms with Gasteiger partial charge in [0.15, 0.2) is 0 Å². The van der Waals surface area contributed by atoms with Crippen molar-refractivity contribution >= 4 is 11.6 Å². The van der Waals surface area contributed by atoms with Crippen LogP contribution in [-0.4, -0.2) is 10.7 Å². The monoisotopic (exact) mass is 268 g/mol. The third-order valence-electron chi connectivity index (χ3n) is 2.84. The Hall–Kier alpha value is -1.04. The molecule has 1 N–H and O–H groups in total. The maximum atomic E-state index is 13.2. The fraction of sp³-hybridized carbons (Fsp3) is 0.467. The summed E-state index contributed by atoms with van der Waals surface area (Å²) in [6.45, 7) is 5.82. The molecule has 0 radical (unpaired) electrons. The Balaban J connectivity index is 2.83. The molecule has 0 amide bonds. The van der Waals surface area contributed by atoms with Gasteiger partial charge < -0.3 is 5.11 Å². The van der Waals surface area contributed by atoms with Crippen LogP contribution in [0.1, 0.15) is 39.2 Å². The first kappa shape index (κ1) is 15.0. The molecule has 2 atom stereocenters. The van der Waals surface area contributed by atoms with E-state index in [4.69, 9.17) is 11.6 Å². The summed E-state index contributed by atoms with van der Waals surface area (Å²) < 4.78 is 13.2. The molecule has 1 aromatic rings. The van der Waals surface area contributed by atoms with Crippen LogP contribution in [0, 0.1) is 23.6 Å². The van der Waals surface area contributed by atoms with Crippen LogP contribution in [0.2, 0.25) is 5.02 Å². The summed E-state index contributed by atoms with van der Waals surface area (Å²) in [5, 5.41) is 10.2. The molecule has 1 aromatic carbocycles. The first-order valence-corrected chi connectivity index (χ1v) is 6.42. The number of hydrogen-bond acceptors (Lipinski definition) is 1. The lowest BCUT2D eigenvalue weighted by Gasteiger charge is -2.20. The lowest BCUT2D eigenvalue weighted by molar-refractivity contribution is 0.0939. The molecule has 0 aromatic heterocycles. The molecule has 0 aliphatic carbocycles. The average molecular weight is 269 g/mol. The van der Waals surface area contributed by atoms with Crippen LogP contribution in [0.25, 0.3) is 0 Å². The van der Waals surface area contributed by atoms with Crippen LogP contribution >= 0.6 is 11.6 Å². The first-order valence-electron chi connectivity index (χ1n) is 6.04. The van der Waals surface area contributed by atoms with Gasteiger partial charge in [0.1, 0.15) is 11.4 Å². The lowest BCUT2D eigenvalue weighted by Crippen LogP contribution is -2.24. The van der Waals surface area contributed by atoms with Crippen LogP contribution in [0.15, 0.2) is 18.2 Å². The Morgan fingerprint density at radius 1 is 1.50 bits per heavy atom. The number of aliphatic hydroxyl groups is 1. The second kappa shape index (κ2) is 6.22.